The molecule has 0 atom stereocenters. The lowest BCUT2D eigenvalue weighted by atomic mass is 10.2. The summed E-state index contributed by atoms with van der Waals surface area (Å²) in [5, 5.41) is 12.5. The number of halogens is 1. The van der Waals surface area contributed by atoms with Gasteiger partial charge in [0, 0.05) is 17.7 Å². The first-order valence-electron chi connectivity index (χ1n) is 5.67. The summed E-state index contributed by atoms with van der Waals surface area (Å²) in [6.07, 6.45) is 0. The van der Waals surface area contributed by atoms with E-state index in [-0.39, 0.29) is 17.3 Å². The Morgan fingerprint density at radius 1 is 1.48 bits per heavy atom. The molecule has 0 saturated heterocycles. The zero-order chi connectivity index (χ0) is 15.4. The number of ether oxygens (including phenoxy) is 1. The summed E-state index contributed by atoms with van der Waals surface area (Å²) in [6, 6.07) is 5.64. The minimum Gasteiger partial charge on any atom is -0.487 e. The van der Waals surface area contributed by atoms with Gasteiger partial charge in [0.15, 0.2) is 0 Å². The molecule has 0 bridgehead atoms. The van der Waals surface area contributed by atoms with E-state index in [9.17, 15) is 14.9 Å². The average molecular weight is 328 g/mol. The van der Waals surface area contributed by atoms with Crippen molar-refractivity contribution in [2.24, 2.45) is 5.84 Å². The SMILES string of the molecule is NNC(=O)c1sccc1COc1ccc([N+](=O)[O-])cc1Cl. The van der Waals surface area contributed by atoms with Crippen molar-refractivity contribution in [3.05, 3.63) is 55.2 Å². The molecule has 0 aliphatic carbocycles. The fraction of sp³-hybridized carbons (Fsp3) is 0.0833. The highest BCUT2D eigenvalue weighted by atomic mass is 35.5. The summed E-state index contributed by atoms with van der Waals surface area (Å²) in [6.45, 7) is 0.101. The van der Waals surface area contributed by atoms with Gasteiger partial charge in [-0.05, 0) is 17.5 Å². The largest absolute Gasteiger partial charge is 0.487 e. The number of nitro groups is 1. The van der Waals surface area contributed by atoms with Crippen molar-refractivity contribution in [2.75, 3.05) is 0 Å². The third kappa shape index (κ3) is 3.48. The monoisotopic (exact) mass is 327 g/mol. The van der Waals surface area contributed by atoms with Gasteiger partial charge in [-0.25, -0.2) is 5.84 Å². The smallest absolute Gasteiger partial charge is 0.275 e. The van der Waals surface area contributed by atoms with E-state index >= 15 is 0 Å². The maximum atomic E-state index is 11.5. The quantitative estimate of drug-likeness (QED) is 0.379. The van der Waals surface area contributed by atoms with E-state index in [0.29, 0.717) is 16.2 Å². The van der Waals surface area contributed by atoms with E-state index in [1.165, 1.54) is 29.5 Å². The van der Waals surface area contributed by atoms with Crippen LogP contribution in [-0.2, 0) is 6.61 Å². The number of benzene rings is 1. The molecule has 21 heavy (non-hydrogen) atoms. The Kier molecular flexibility index (Phi) is 4.73. The second kappa shape index (κ2) is 6.53. The molecule has 0 aliphatic rings. The summed E-state index contributed by atoms with van der Waals surface area (Å²) in [7, 11) is 0. The van der Waals surface area contributed by atoms with Crippen LogP contribution in [0.2, 0.25) is 5.02 Å². The minimum atomic E-state index is -0.543. The third-order valence-corrected chi connectivity index (χ3v) is 3.84. The van der Waals surface area contributed by atoms with Crippen molar-refractivity contribution in [3.8, 4) is 5.75 Å². The number of hydrazine groups is 1. The van der Waals surface area contributed by atoms with Gasteiger partial charge in [-0.1, -0.05) is 11.6 Å². The molecule has 0 fully saturated rings. The number of nitrogens with two attached hydrogens (primary N) is 1. The molecule has 0 radical (unpaired) electrons. The zero-order valence-corrected chi connectivity index (χ0v) is 12.1. The summed E-state index contributed by atoms with van der Waals surface area (Å²) in [4.78, 5) is 22.0. The first-order valence-corrected chi connectivity index (χ1v) is 6.92. The average Bonchev–Trinajstić information content (AvgIpc) is 2.93. The highest BCUT2D eigenvalue weighted by Gasteiger charge is 2.14. The van der Waals surface area contributed by atoms with Crippen LogP contribution in [0.5, 0.6) is 5.75 Å². The summed E-state index contributed by atoms with van der Waals surface area (Å²) >= 11 is 7.15. The molecule has 9 heteroatoms. The highest BCUT2D eigenvalue weighted by molar-refractivity contribution is 7.12. The standard InChI is InChI=1S/C12H10ClN3O4S/c13-9-5-8(16(18)19)1-2-10(9)20-6-7-3-4-21-11(7)12(17)15-14/h1-5H,6,14H2,(H,15,17). The predicted molar refractivity (Wildman–Crippen MR) is 78.4 cm³/mol. The maximum absolute atomic E-state index is 11.5. The van der Waals surface area contributed by atoms with Gasteiger partial charge in [0.1, 0.15) is 12.4 Å². The number of amides is 1. The Bertz CT molecular complexity index is 689. The molecule has 2 rings (SSSR count). The Labute approximate surface area is 128 Å². The Balaban J connectivity index is 2.12. The first kappa shape index (κ1) is 15.2. The fourth-order valence-electron chi connectivity index (χ4n) is 1.59. The van der Waals surface area contributed by atoms with Crippen molar-refractivity contribution in [2.45, 2.75) is 6.61 Å². The molecule has 110 valence electrons. The maximum Gasteiger partial charge on any atom is 0.275 e. The van der Waals surface area contributed by atoms with Gasteiger partial charge in [0.2, 0.25) is 0 Å². The fourth-order valence-corrected chi connectivity index (χ4v) is 2.63. The molecular formula is C12H10ClN3O4S. The molecule has 1 aromatic carbocycles. The molecule has 1 aromatic heterocycles. The number of rotatable bonds is 5. The van der Waals surface area contributed by atoms with Gasteiger partial charge in [0.25, 0.3) is 11.6 Å². The Morgan fingerprint density at radius 3 is 2.86 bits per heavy atom. The van der Waals surface area contributed by atoms with Crippen LogP contribution >= 0.6 is 22.9 Å². The number of hydrogen-bond acceptors (Lipinski definition) is 6. The van der Waals surface area contributed by atoms with Crippen LogP contribution in [0.25, 0.3) is 0 Å². The van der Waals surface area contributed by atoms with Gasteiger partial charge >= 0.3 is 0 Å². The van der Waals surface area contributed by atoms with E-state index in [1.807, 2.05) is 0 Å². The first-order chi connectivity index (χ1) is 10.0. The van der Waals surface area contributed by atoms with E-state index in [2.05, 4.69) is 5.43 Å². The van der Waals surface area contributed by atoms with Gasteiger partial charge in [-0.2, -0.15) is 0 Å². The van der Waals surface area contributed by atoms with Crippen molar-refractivity contribution in [1.82, 2.24) is 5.43 Å². The highest BCUT2D eigenvalue weighted by Crippen LogP contribution is 2.29. The normalized spacial score (nSPS) is 10.2. The van der Waals surface area contributed by atoms with Crippen LogP contribution in [0.15, 0.2) is 29.6 Å². The second-order valence-corrected chi connectivity index (χ2v) is 5.23. The number of carbonyl (C=O) groups is 1. The van der Waals surface area contributed by atoms with E-state index < -0.39 is 10.8 Å². The van der Waals surface area contributed by atoms with Gasteiger partial charge in [-0.15, -0.1) is 11.3 Å². The molecule has 1 amide bonds. The van der Waals surface area contributed by atoms with Gasteiger partial charge in [-0.3, -0.25) is 20.3 Å². The van der Waals surface area contributed by atoms with Crippen LogP contribution in [0.3, 0.4) is 0 Å². The van der Waals surface area contributed by atoms with E-state index in [4.69, 9.17) is 22.2 Å². The molecule has 3 N–H and O–H groups in total. The lowest BCUT2D eigenvalue weighted by molar-refractivity contribution is -0.384. The molecule has 7 nitrogen and oxygen atoms in total. The van der Waals surface area contributed by atoms with Crippen LogP contribution in [0.1, 0.15) is 15.2 Å². The summed E-state index contributed by atoms with van der Waals surface area (Å²) in [5.41, 5.74) is 2.58. The number of nitrogens with zero attached hydrogens (tertiary/aromatic N) is 1. The number of nitrogen functional groups attached to an aromatic ring is 1. The number of carbonyl (C=O) groups excluding carboxylic acids is 1. The predicted octanol–water partition coefficient (Wildman–Crippen LogP) is 2.49. The lowest BCUT2D eigenvalue weighted by Crippen LogP contribution is -2.30. The van der Waals surface area contributed by atoms with Crippen LogP contribution in [0.4, 0.5) is 5.69 Å². The van der Waals surface area contributed by atoms with Gasteiger partial charge in [0.05, 0.1) is 14.8 Å². The summed E-state index contributed by atoms with van der Waals surface area (Å²) in [5.74, 6) is 4.98. The Morgan fingerprint density at radius 2 is 2.24 bits per heavy atom. The minimum absolute atomic E-state index is 0.101. The zero-order valence-electron chi connectivity index (χ0n) is 10.5. The van der Waals surface area contributed by atoms with Crippen LogP contribution < -0.4 is 16.0 Å². The van der Waals surface area contributed by atoms with Crippen molar-refractivity contribution in [3.63, 3.8) is 0 Å². The lowest BCUT2D eigenvalue weighted by Gasteiger charge is -2.08. The van der Waals surface area contributed by atoms with E-state index in [1.54, 1.807) is 11.4 Å². The summed E-state index contributed by atoms with van der Waals surface area (Å²) < 4.78 is 5.48. The van der Waals surface area contributed by atoms with Crippen LogP contribution in [0, 0.1) is 10.1 Å². The van der Waals surface area contributed by atoms with Crippen molar-refractivity contribution < 1.29 is 14.5 Å². The third-order valence-electron chi connectivity index (χ3n) is 2.59. The number of non-ortho nitro benzene ring substituents is 1. The number of hydrogen-bond donors (Lipinski definition) is 2. The van der Waals surface area contributed by atoms with Gasteiger partial charge < -0.3 is 4.74 Å². The van der Waals surface area contributed by atoms with Crippen molar-refractivity contribution >= 4 is 34.5 Å². The molecular weight excluding hydrogens is 318 g/mol. The molecule has 1 heterocycles. The number of nitro benzene ring substituents is 1. The van der Waals surface area contributed by atoms with Crippen molar-refractivity contribution in [1.29, 1.82) is 0 Å². The number of thiophene rings is 1. The molecule has 2 aromatic rings. The van der Waals surface area contributed by atoms with Crippen LogP contribution in [-0.4, -0.2) is 10.8 Å². The molecule has 0 unspecified atom stereocenters. The Hall–Kier alpha value is -2.16. The second-order valence-electron chi connectivity index (χ2n) is 3.91. The number of nitrogens with one attached hydrogen (secondary N) is 1. The molecule has 0 aliphatic heterocycles. The molecule has 0 saturated carbocycles. The molecule has 0 spiro atoms. The van der Waals surface area contributed by atoms with E-state index in [0.717, 1.165) is 0 Å². The topological polar surface area (TPSA) is 107 Å².